The van der Waals surface area contributed by atoms with Crippen molar-refractivity contribution in [2.24, 2.45) is 11.5 Å². The highest BCUT2D eigenvalue weighted by molar-refractivity contribution is 6.02. The lowest BCUT2D eigenvalue weighted by Gasteiger charge is -2.08. The van der Waals surface area contributed by atoms with Gasteiger partial charge in [0, 0.05) is 36.3 Å². The van der Waals surface area contributed by atoms with E-state index in [0.29, 0.717) is 17.8 Å². The van der Waals surface area contributed by atoms with Crippen molar-refractivity contribution in [3.8, 4) is 5.75 Å². The normalized spacial score (nSPS) is 11.7. The van der Waals surface area contributed by atoms with Gasteiger partial charge >= 0.3 is 0 Å². The van der Waals surface area contributed by atoms with Gasteiger partial charge in [0.15, 0.2) is 0 Å². The Kier molecular flexibility index (Phi) is 5.70. The van der Waals surface area contributed by atoms with E-state index in [4.69, 9.17) is 11.5 Å². The average Bonchev–Trinajstić information content (AvgIpc) is 2.58. The first kappa shape index (κ1) is 17.2. The summed E-state index contributed by atoms with van der Waals surface area (Å²) in [5, 5.41) is 12.2. The number of carbonyl (C=O) groups excluding carboxylic acids is 1. The van der Waals surface area contributed by atoms with Gasteiger partial charge in [-0.2, -0.15) is 0 Å². The molecule has 1 amide bonds. The van der Waals surface area contributed by atoms with Crippen LogP contribution in [0.5, 0.6) is 5.75 Å². The van der Waals surface area contributed by atoms with Gasteiger partial charge in [0.2, 0.25) is 5.91 Å². The monoisotopic (exact) mass is 324 g/mol. The highest BCUT2D eigenvalue weighted by Crippen LogP contribution is 2.21. The number of nitrogens with one attached hydrogen (secondary N) is 1. The highest BCUT2D eigenvalue weighted by Gasteiger charge is 2.05. The minimum Gasteiger partial charge on any atom is -0.508 e. The maximum atomic E-state index is 12.1. The van der Waals surface area contributed by atoms with Crippen LogP contribution in [0.2, 0.25) is 0 Å². The van der Waals surface area contributed by atoms with Gasteiger partial charge in [-0.15, -0.1) is 0 Å². The molecule has 0 fully saturated rings. The van der Waals surface area contributed by atoms with Crippen LogP contribution in [0, 0.1) is 6.92 Å². The van der Waals surface area contributed by atoms with Gasteiger partial charge < -0.3 is 21.9 Å². The molecule has 0 radical (unpaired) electrons. The van der Waals surface area contributed by atoms with Crippen molar-refractivity contribution in [2.75, 3.05) is 11.9 Å². The van der Waals surface area contributed by atoms with E-state index in [1.54, 1.807) is 43.6 Å². The van der Waals surface area contributed by atoms with Crippen molar-refractivity contribution in [2.45, 2.75) is 6.92 Å². The van der Waals surface area contributed by atoms with E-state index in [-0.39, 0.29) is 11.7 Å². The van der Waals surface area contributed by atoms with Crippen molar-refractivity contribution in [3.63, 3.8) is 0 Å². The third kappa shape index (κ3) is 4.21. The number of pyridine rings is 1. The molecule has 0 bridgehead atoms. The van der Waals surface area contributed by atoms with Gasteiger partial charge in [0.1, 0.15) is 5.75 Å². The molecule has 1 aromatic heterocycles. The Morgan fingerprint density at radius 3 is 2.83 bits per heavy atom. The van der Waals surface area contributed by atoms with Crippen molar-refractivity contribution < 1.29 is 9.90 Å². The van der Waals surface area contributed by atoms with E-state index >= 15 is 0 Å². The quantitative estimate of drug-likeness (QED) is 0.496. The third-order valence-electron chi connectivity index (χ3n) is 3.50. The van der Waals surface area contributed by atoms with E-state index < -0.39 is 0 Å². The molecule has 2 aromatic rings. The molecular formula is C18H20N4O2. The Morgan fingerprint density at radius 2 is 2.17 bits per heavy atom. The second kappa shape index (κ2) is 7.94. The number of aromatic nitrogens is 1. The zero-order valence-electron chi connectivity index (χ0n) is 13.4. The summed E-state index contributed by atoms with van der Waals surface area (Å²) in [6.45, 7) is 2.05. The molecule has 0 atom stereocenters. The predicted molar refractivity (Wildman–Crippen MR) is 96.0 cm³/mol. The van der Waals surface area contributed by atoms with Crippen LogP contribution in [0.25, 0.3) is 11.6 Å². The second-order valence-electron chi connectivity index (χ2n) is 5.18. The largest absolute Gasteiger partial charge is 0.508 e. The van der Waals surface area contributed by atoms with Crippen LogP contribution >= 0.6 is 0 Å². The lowest BCUT2D eigenvalue weighted by atomic mass is 10.0. The fourth-order valence-corrected chi connectivity index (χ4v) is 2.18. The number of nitrogens with zero attached hydrogens (tertiary/aromatic N) is 1. The molecule has 24 heavy (non-hydrogen) atoms. The van der Waals surface area contributed by atoms with Gasteiger partial charge in [-0.05, 0) is 60.2 Å². The number of carbonyl (C=O) groups is 1. The molecule has 1 aromatic carbocycles. The molecule has 0 saturated heterocycles. The zero-order valence-corrected chi connectivity index (χ0v) is 13.4. The molecule has 1 heterocycles. The highest BCUT2D eigenvalue weighted by atomic mass is 16.3. The number of amides is 1. The predicted octanol–water partition coefficient (Wildman–Crippen LogP) is 2.01. The van der Waals surface area contributed by atoms with Crippen LogP contribution in [-0.2, 0) is 4.79 Å². The van der Waals surface area contributed by atoms with E-state index in [1.165, 1.54) is 18.3 Å². The minimum atomic E-state index is -0.291. The molecule has 6 nitrogen and oxygen atoms in total. The summed E-state index contributed by atoms with van der Waals surface area (Å²) in [5.74, 6) is -0.104. The number of aromatic hydroxyl groups is 1. The van der Waals surface area contributed by atoms with Gasteiger partial charge in [-0.3, -0.25) is 9.78 Å². The van der Waals surface area contributed by atoms with Crippen molar-refractivity contribution in [1.29, 1.82) is 0 Å². The van der Waals surface area contributed by atoms with Gasteiger partial charge in [-0.1, -0.05) is 0 Å². The Balaban J connectivity index is 2.16. The molecule has 0 unspecified atom stereocenters. The fraction of sp³-hybridized carbons (Fsp3) is 0.111. The third-order valence-corrected chi connectivity index (χ3v) is 3.50. The second-order valence-corrected chi connectivity index (χ2v) is 5.18. The van der Waals surface area contributed by atoms with Gasteiger partial charge in [-0.25, -0.2) is 0 Å². The Bertz CT molecular complexity index is 797. The molecule has 0 aliphatic rings. The van der Waals surface area contributed by atoms with Gasteiger partial charge in [0.05, 0.1) is 0 Å². The van der Waals surface area contributed by atoms with Crippen LogP contribution in [0.15, 0.2) is 48.9 Å². The first-order valence-electron chi connectivity index (χ1n) is 7.39. The number of anilines is 1. The first-order chi connectivity index (χ1) is 11.5. The zero-order chi connectivity index (χ0) is 17.5. The standard InChI is InChI=1S/C18H20N4O2/c1-12-8-15(3-4-17(12)23)22-18(24)5-2-13-11-21-7-6-16(13)14(9-19)10-20/h2-9,11,23H,10,19-20H2,1H3,(H,22,24)/b5-2+,14-9+. The van der Waals surface area contributed by atoms with Crippen molar-refractivity contribution in [1.82, 2.24) is 4.98 Å². The Morgan fingerprint density at radius 1 is 1.38 bits per heavy atom. The summed E-state index contributed by atoms with van der Waals surface area (Å²) in [7, 11) is 0. The summed E-state index contributed by atoms with van der Waals surface area (Å²) >= 11 is 0. The summed E-state index contributed by atoms with van der Waals surface area (Å²) in [6, 6.07) is 6.66. The SMILES string of the molecule is Cc1cc(NC(=O)/C=C/c2cnccc2/C(=C/N)CN)ccc1O. The van der Waals surface area contributed by atoms with Gasteiger partial charge in [0.25, 0.3) is 0 Å². The Hall–Kier alpha value is -3.12. The van der Waals surface area contributed by atoms with E-state index in [2.05, 4.69) is 10.3 Å². The molecule has 6 N–H and O–H groups in total. The lowest BCUT2D eigenvalue weighted by molar-refractivity contribution is -0.111. The molecule has 2 rings (SSSR count). The number of hydrogen-bond donors (Lipinski definition) is 4. The van der Waals surface area contributed by atoms with E-state index in [1.807, 2.05) is 0 Å². The summed E-state index contributed by atoms with van der Waals surface area (Å²) in [5.41, 5.74) is 14.9. The number of benzene rings is 1. The molecule has 6 heteroatoms. The molecule has 0 aliphatic carbocycles. The molecular weight excluding hydrogens is 304 g/mol. The van der Waals surface area contributed by atoms with Crippen molar-refractivity contribution in [3.05, 3.63) is 65.6 Å². The minimum absolute atomic E-state index is 0.187. The lowest BCUT2D eigenvalue weighted by Crippen LogP contribution is -2.08. The van der Waals surface area contributed by atoms with E-state index in [0.717, 1.165) is 16.7 Å². The Labute approximate surface area is 140 Å². The summed E-state index contributed by atoms with van der Waals surface area (Å²) in [6.07, 6.45) is 7.80. The summed E-state index contributed by atoms with van der Waals surface area (Å²) in [4.78, 5) is 16.1. The number of phenols is 1. The van der Waals surface area contributed by atoms with Crippen LogP contribution in [0.4, 0.5) is 5.69 Å². The summed E-state index contributed by atoms with van der Waals surface area (Å²) < 4.78 is 0. The average molecular weight is 324 g/mol. The maximum Gasteiger partial charge on any atom is 0.248 e. The molecule has 0 aliphatic heterocycles. The van der Waals surface area contributed by atoms with Crippen molar-refractivity contribution >= 4 is 23.2 Å². The molecule has 0 spiro atoms. The van der Waals surface area contributed by atoms with E-state index in [9.17, 15) is 9.90 Å². The van der Waals surface area contributed by atoms with Crippen LogP contribution in [0.3, 0.4) is 0 Å². The number of nitrogens with two attached hydrogens (primary N) is 2. The smallest absolute Gasteiger partial charge is 0.248 e. The fourth-order valence-electron chi connectivity index (χ4n) is 2.18. The number of rotatable bonds is 5. The topological polar surface area (TPSA) is 114 Å². The molecule has 0 saturated carbocycles. The number of aryl methyl sites for hydroxylation is 1. The van der Waals surface area contributed by atoms with Crippen LogP contribution < -0.4 is 16.8 Å². The van der Waals surface area contributed by atoms with Crippen LogP contribution in [0.1, 0.15) is 16.7 Å². The number of phenolic OH excluding ortho intramolecular Hbond substituents is 1. The maximum absolute atomic E-state index is 12.1. The van der Waals surface area contributed by atoms with Crippen LogP contribution in [-0.4, -0.2) is 22.5 Å². The number of hydrogen-bond acceptors (Lipinski definition) is 5. The molecule has 124 valence electrons. The first-order valence-corrected chi connectivity index (χ1v) is 7.39.